The molecular weight excluding hydrogens is 312 g/mol. The minimum Gasteiger partial charge on any atom is -0.368 e. The molecule has 1 fully saturated rings. The van der Waals surface area contributed by atoms with Crippen LogP contribution in [0.3, 0.4) is 0 Å². The van der Waals surface area contributed by atoms with Gasteiger partial charge in [0.05, 0.1) is 6.20 Å². The van der Waals surface area contributed by atoms with Crippen LogP contribution in [-0.4, -0.2) is 47.9 Å². The van der Waals surface area contributed by atoms with E-state index in [2.05, 4.69) is 75.3 Å². The molecule has 1 aromatic carbocycles. The summed E-state index contributed by atoms with van der Waals surface area (Å²) in [7, 11) is 0. The zero-order valence-electron chi connectivity index (χ0n) is 15.4. The molecule has 134 valence electrons. The lowest BCUT2D eigenvalue weighted by atomic mass is 10.1. The van der Waals surface area contributed by atoms with Crippen molar-refractivity contribution in [1.82, 2.24) is 15.2 Å². The second-order valence-corrected chi connectivity index (χ2v) is 7.06. The summed E-state index contributed by atoms with van der Waals surface area (Å²) < 4.78 is 0. The Hall–Kier alpha value is -2.37. The normalized spacial score (nSPS) is 14.9. The second-order valence-electron chi connectivity index (χ2n) is 7.06. The number of benzene rings is 1. The van der Waals surface area contributed by atoms with Gasteiger partial charge in [0.25, 0.3) is 0 Å². The number of hydrogen-bond acceptors (Lipinski definition) is 6. The first-order valence-corrected chi connectivity index (χ1v) is 9.12. The van der Waals surface area contributed by atoms with Gasteiger partial charge in [0.1, 0.15) is 0 Å². The molecule has 1 saturated heterocycles. The third-order valence-electron chi connectivity index (χ3n) is 4.52. The second kappa shape index (κ2) is 8.14. The first kappa shape index (κ1) is 17.5. The van der Waals surface area contributed by atoms with Crippen LogP contribution in [0.25, 0.3) is 0 Å². The summed E-state index contributed by atoms with van der Waals surface area (Å²) in [6.07, 6.45) is 2.86. The summed E-state index contributed by atoms with van der Waals surface area (Å²) in [4.78, 5) is 9.34. The van der Waals surface area contributed by atoms with E-state index in [1.54, 1.807) is 6.20 Å². The van der Waals surface area contributed by atoms with Crippen LogP contribution in [0.15, 0.2) is 30.5 Å². The largest absolute Gasteiger partial charge is 0.368 e. The van der Waals surface area contributed by atoms with Crippen molar-refractivity contribution in [2.45, 2.75) is 27.2 Å². The molecule has 0 saturated carbocycles. The van der Waals surface area contributed by atoms with Gasteiger partial charge in [-0.3, -0.25) is 0 Å². The highest BCUT2D eigenvalue weighted by Gasteiger charge is 2.19. The van der Waals surface area contributed by atoms with Gasteiger partial charge in [-0.25, -0.2) is 0 Å². The van der Waals surface area contributed by atoms with Crippen molar-refractivity contribution >= 4 is 17.5 Å². The summed E-state index contributed by atoms with van der Waals surface area (Å²) in [6.45, 7) is 11.3. The zero-order chi connectivity index (χ0) is 17.6. The minimum atomic E-state index is 0.624. The number of nitrogens with one attached hydrogen (secondary N) is 1. The molecule has 0 spiro atoms. The molecule has 1 aromatic heterocycles. The SMILES string of the molecule is Cc1cccc(N2CCN(c3cnnc(NCCC(C)C)n3)CC2)c1. The van der Waals surface area contributed by atoms with Crippen molar-refractivity contribution in [3.8, 4) is 0 Å². The first-order chi connectivity index (χ1) is 12.1. The number of aromatic nitrogens is 3. The minimum absolute atomic E-state index is 0.624. The summed E-state index contributed by atoms with van der Waals surface area (Å²) in [5.41, 5.74) is 2.61. The molecule has 1 aliphatic rings. The highest BCUT2D eigenvalue weighted by molar-refractivity contribution is 5.51. The van der Waals surface area contributed by atoms with Crippen molar-refractivity contribution in [3.05, 3.63) is 36.0 Å². The van der Waals surface area contributed by atoms with Gasteiger partial charge in [0, 0.05) is 38.4 Å². The highest BCUT2D eigenvalue weighted by atomic mass is 15.3. The van der Waals surface area contributed by atoms with E-state index in [1.165, 1.54) is 11.3 Å². The molecule has 2 heterocycles. The molecule has 2 aromatic rings. The van der Waals surface area contributed by atoms with Gasteiger partial charge in [-0.2, -0.15) is 10.1 Å². The third kappa shape index (κ3) is 4.81. The number of aryl methyl sites for hydroxylation is 1. The maximum Gasteiger partial charge on any atom is 0.244 e. The average molecular weight is 340 g/mol. The predicted molar refractivity (Wildman–Crippen MR) is 103 cm³/mol. The van der Waals surface area contributed by atoms with E-state index in [-0.39, 0.29) is 0 Å². The van der Waals surface area contributed by atoms with Crippen molar-refractivity contribution in [3.63, 3.8) is 0 Å². The van der Waals surface area contributed by atoms with Crippen LogP contribution in [0.2, 0.25) is 0 Å². The maximum absolute atomic E-state index is 4.63. The molecular formula is C19H28N6. The fourth-order valence-electron chi connectivity index (χ4n) is 3.01. The third-order valence-corrected chi connectivity index (χ3v) is 4.52. The number of piperazine rings is 1. The van der Waals surface area contributed by atoms with Crippen LogP contribution in [0.1, 0.15) is 25.8 Å². The quantitative estimate of drug-likeness (QED) is 0.872. The van der Waals surface area contributed by atoms with Crippen LogP contribution >= 0.6 is 0 Å². The lowest BCUT2D eigenvalue weighted by molar-refractivity contribution is 0.604. The van der Waals surface area contributed by atoms with Crippen LogP contribution in [0.4, 0.5) is 17.5 Å². The first-order valence-electron chi connectivity index (χ1n) is 9.12. The van der Waals surface area contributed by atoms with Crippen LogP contribution in [-0.2, 0) is 0 Å². The monoisotopic (exact) mass is 340 g/mol. The van der Waals surface area contributed by atoms with E-state index < -0.39 is 0 Å². The van der Waals surface area contributed by atoms with Crippen LogP contribution < -0.4 is 15.1 Å². The van der Waals surface area contributed by atoms with Crippen molar-refractivity contribution in [2.24, 2.45) is 5.92 Å². The van der Waals surface area contributed by atoms with E-state index in [1.807, 2.05) is 0 Å². The van der Waals surface area contributed by atoms with Gasteiger partial charge in [0.15, 0.2) is 5.82 Å². The van der Waals surface area contributed by atoms with E-state index in [4.69, 9.17) is 0 Å². The summed E-state index contributed by atoms with van der Waals surface area (Å²) in [5.74, 6) is 2.20. The van der Waals surface area contributed by atoms with E-state index in [9.17, 15) is 0 Å². The maximum atomic E-state index is 4.63. The molecule has 0 radical (unpaired) electrons. The number of hydrogen-bond donors (Lipinski definition) is 1. The molecule has 1 aliphatic heterocycles. The van der Waals surface area contributed by atoms with E-state index in [0.29, 0.717) is 11.9 Å². The molecule has 3 rings (SSSR count). The fraction of sp³-hybridized carbons (Fsp3) is 0.526. The molecule has 0 unspecified atom stereocenters. The summed E-state index contributed by atoms with van der Waals surface area (Å²) in [6, 6.07) is 8.70. The lowest BCUT2D eigenvalue weighted by Gasteiger charge is -2.36. The van der Waals surface area contributed by atoms with Gasteiger partial charge < -0.3 is 15.1 Å². The Balaban J connectivity index is 1.57. The summed E-state index contributed by atoms with van der Waals surface area (Å²) in [5, 5.41) is 11.5. The van der Waals surface area contributed by atoms with E-state index >= 15 is 0 Å². The van der Waals surface area contributed by atoms with Crippen molar-refractivity contribution < 1.29 is 0 Å². The van der Waals surface area contributed by atoms with Gasteiger partial charge in [-0.05, 0) is 37.0 Å². The van der Waals surface area contributed by atoms with Gasteiger partial charge in [0.2, 0.25) is 5.95 Å². The molecule has 6 nitrogen and oxygen atoms in total. The fourth-order valence-corrected chi connectivity index (χ4v) is 3.01. The number of rotatable bonds is 6. The predicted octanol–water partition coefficient (Wildman–Crippen LogP) is 2.96. The highest BCUT2D eigenvalue weighted by Crippen LogP contribution is 2.20. The molecule has 25 heavy (non-hydrogen) atoms. The Morgan fingerprint density at radius 1 is 1.12 bits per heavy atom. The molecule has 6 heteroatoms. The van der Waals surface area contributed by atoms with Gasteiger partial charge in [-0.15, -0.1) is 5.10 Å². The molecule has 0 amide bonds. The van der Waals surface area contributed by atoms with Crippen molar-refractivity contribution in [2.75, 3.05) is 47.8 Å². The molecule has 0 atom stereocenters. The average Bonchev–Trinajstić information content (AvgIpc) is 2.62. The lowest BCUT2D eigenvalue weighted by Crippen LogP contribution is -2.47. The molecule has 0 aliphatic carbocycles. The smallest absolute Gasteiger partial charge is 0.244 e. The molecule has 1 N–H and O–H groups in total. The zero-order valence-corrected chi connectivity index (χ0v) is 15.4. The number of nitrogens with zero attached hydrogens (tertiary/aromatic N) is 5. The standard InChI is InChI=1S/C19H28N6/c1-15(2)7-8-20-19-22-18(14-21-23-19)25-11-9-24(10-12-25)17-6-4-5-16(3)13-17/h4-6,13-15H,7-12H2,1-3H3,(H,20,22,23). The Morgan fingerprint density at radius 2 is 1.88 bits per heavy atom. The molecule has 0 bridgehead atoms. The topological polar surface area (TPSA) is 57.2 Å². The Labute approximate surface area is 150 Å². The van der Waals surface area contributed by atoms with Crippen LogP contribution in [0, 0.1) is 12.8 Å². The van der Waals surface area contributed by atoms with Crippen molar-refractivity contribution in [1.29, 1.82) is 0 Å². The Kier molecular flexibility index (Phi) is 5.68. The number of anilines is 3. The van der Waals surface area contributed by atoms with Gasteiger partial charge in [-0.1, -0.05) is 26.0 Å². The Morgan fingerprint density at radius 3 is 2.60 bits per heavy atom. The van der Waals surface area contributed by atoms with Crippen LogP contribution in [0.5, 0.6) is 0 Å². The van der Waals surface area contributed by atoms with Gasteiger partial charge >= 0.3 is 0 Å². The summed E-state index contributed by atoms with van der Waals surface area (Å²) >= 11 is 0. The van der Waals surface area contributed by atoms with E-state index in [0.717, 1.165) is 45.0 Å². The Bertz CT molecular complexity index is 679.